The molecule has 3 rings (SSSR count). The van der Waals surface area contributed by atoms with Gasteiger partial charge in [0.2, 0.25) is 0 Å². The number of amides is 2. The third-order valence-corrected chi connectivity index (χ3v) is 4.54. The van der Waals surface area contributed by atoms with Crippen molar-refractivity contribution in [2.75, 3.05) is 49.6 Å². The lowest BCUT2D eigenvalue weighted by molar-refractivity contribution is 0.0564. The fraction of sp³-hybridized carbons (Fsp3) is 0.588. The Morgan fingerprint density at radius 2 is 2.05 bits per heavy atom. The second-order valence-electron chi connectivity index (χ2n) is 6.37. The average molecular weight is 303 g/mol. The molecule has 2 fully saturated rings. The van der Waals surface area contributed by atoms with E-state index in [1.165, 1.54) is 12.1 Å². The van der Waals surface area contributed by atoms with Crippen molar-refractivity contribution in [3.05, 3.63) is 23.8 Å². The van der Waals surface area contributed by atoms with Crippen molar-refractivity contribution in [3.63, 3.8) is 0 Å². The highest BCUT2D eigenvalue weighted by Gasteiger charge is 2.20. The monoisotopic (exact) mass is 303 g/mol. The van der Waals surface area contributed by atoms with E-state index in [0.717, 1.165) is 30.3 Å². The quantitative estimate of drug-likeness (QED) is 0.913. The van der Waals surface area contributed by atoms with E-state index in [2.05, 4.69) is 36.2 Å². The van der Waals surface area contributed by atoms with Crippen molar-refractivity contribution in [1.29, 1.82) is 0 Å². The van der Waals surface area contributed by atoms with Gasteiger partial charge in [-0.3, -0.25) is 0 Å². The Labute approximate surface area is 132 Å². The molecular weight excluding hydrogens is 278 g/mol. The Kier molecular flexibility index (Phi) is 4.52. The summed E-state index contributed by atoms with van der Waals surface area (Å²) < 4.78 is 5.28. The standard InChI is InChI=1S/C17H25N3O2/c1-13-5-6-20(12-13)15-3-4-16(14(2)11-15)18-17(21)19-7-9-22-10-8-19/h3-4,11,13H,5-10,12H2,1-2H3,(H,18,21). The molecule has 2 amide bonds. The second kappa shape index (κ2) is 6.57. The summed E-state index contributed by atoms with van der Waals surface area (Å²) in [5.41, 5.74) is 3.26. The third-order valence-electron chi connectivity index (χ3n) is 4.54. The highest BCUT2D eigenvalue weighted by Crippen LogP contribution is 2.27. The Morgan fingerprint density at radius 3 is 2.68 bits per heavy atom. The maximum atomic E-state index is 12.3. The molecular formula is C17H25N3O2. The molecule has 2 aliphatic heterocycles. The summed E-state index contributed by atoms with van der Waals surface area (Å²) in [6.45, 7) is 9.17. The van der Waals surface area contributed by atoms with Crippen LogP contribution in [0.1, 0.15) is 18.9 Å². The topological polar surface area (TPSA) is 44.8 Å². The fourth-order valence-electron chi connectivity index (χ4n) is 3.12. The summed E-state index contributed by atoms with van der Waals surface area (Å²) in [5, 5.41) is 3.02. The second-order valence-corrected chi connectivity index (χ2v) is 6.37. The number of hydrogen-bond donors (Lipinski definition) is 1. The van der Waals surface area contributed by atoms with Gasteiger partial charge in [-0.05, 0) is 43.0 Å². The number of ether oxygens (including phenoxy) is 1. The fourth-order valence-corrected chi connectivity index (χ4v) is 3.12. The zero-order chi connectivity index (χ0) is 15.5. The van der Waals surface area contributed by atoms with Crippen LogP contribution in [0.4, 0.5) is 16.2 Å². The molecule has 2 saturated heterocycles. The first-order valence-electron chi connectivity index (χ1n) is 8.13. The zero-order valence-corrected chi connectivity index (χ0v) is 13.5. The molecule has 22 heavy (non-hydrogen) atoms. The molecule has 0 aromatic heterocycles. The van der Waals surface area contributed by atoms with E-state index in [0.29, 0.717) is 26.3 Å². The number of rotatable bonds is 2. The van der Waals surface area contributed by atoms with Crippen molar-refractivity contribution in [2.24, 2.45) is 5.92 Å². The average Bonchev–Trinajstić information content (AvgIpc) is 2.96. The lowest BCUT2D eigenvalue weighted by Gasteiger charge is -2.27. The summed E-state index contributed by atoms with van der Waals surface area (Å²) in [6, 6.07) is 6.27. The summed E-state index contributed by atoms with van der Waals surface area (Å²) >= 11 is 0. The highest BCUT2D eigenvalue weighted by atomic mass is 16.5. The minimum atomic E-state index is -0.0334. The maximum absolute atomic E-state index is 12.3. The van der Waals surface area contributed by atoms with Crippen LogP contribution in [0.2, 0.25) is 0 Å². The van der Waals surface area contributed by atoms with Crippen LogP contribution in [0.25, 0.3) is 0 Å². The molecule has 0 bridgehead atoms. The smallest absolute Gasteiger partial charge is 0.322 e. The van der Waals surface area contributed by atoms with Crippen LogP contribution >= 0.6 is 0 Å². The summed E-state index contributed by atoms with van der Waals surface area (Å²) in [6.07, 6.45) is 1.26. The molecule has 0 aliphatic carbocycles. The van der Waals surface area contributed by atoms with Gasteiger partial charge in [0.1, 0.15) is 0 Å². The first-order valence-corrected chi connectivity index (χ1v) is 8.13. The van der Waals surface area contributed by atoms with Gasteiger partial charge in [0.25, 0.3) is 0 Å². The molecule has 0 radical (unpaired) electrons. The molecule has 0 spiro atoms. The lowest BCUT2D eigenvalue weighted by Crippen LogP contribution is -2.43. The number of benzene rings is 1. The molecule has 5 heteroatoms. The first-order chi connectivity index (χ1) is 10.6. The number of nitrogens with zero attached hydrogens (tertiary/aromatic N) is 2. The first kappa shape index (κ1) is 15.2. The predicted molar refractivity (Wildman–Crippen MR) is 88.6 cm³/mol. The van der Waals surface area contributed by atoms with Crippen molar-refractivity contribution < 1.29 is 9.53 Å². The van der Waals surface area contributed by atoms with Crippen LogP contribution in [-0.2, 0) is 4.74 Å². The van der Waals surface area contributed by atoms with E-state index in [9.17, 15) is 4.79 Å². The van der Waals surface area contributed by atoms with Crippen LogP contribution in [0, 0.1) is 12.8 Å². The van der Waals surface area contributed by atoms with Gasteiger partial charge in [0.15, 0.2) is 0 Å². The van der Waals surface area contributed by atoms with E-state index in [1.54, 1.807) is 4.90 Å². The number of nitrogens with one attached hydrogen (secondary N) is 1. The van der Waals surface area contributed by atoms with Crippen molar-refractivity contribution >= 4 is 17.4 Å². The molecule has 1 aromatic rings. The maximum Gasteiger partial charge on any atom is 0.322 e. The minimum absolute atomic E-state index is 0.0334. The highest BCUT2D eigenvalue weighted by molar-refractivity contribution is 5.90. The van der Waals surface area contributed by atoms with E-state index in [1.807, 2.05) is 6.07 Å². The minimum Gasteiger partial charge on any atom is -0.378 e. The molecule has 5 nitrogen and oxygen atoms in total. The van der Waals surface area contributed by atoms with E-state index >= 15 is 0 Å². The van der Waals surface area contributed by atoms with Gasteiger partial charge in [-0.1, -0.05) is 6.92 Å². The number of morpholine rings is 1. The largest absolute Gasteiger partial charge is 0.378 e. The Bertz CT molecular complexity index is 541. The summed E-state index contributed by atoms with van der Waals surface area (Å²) in [7, 11) is 0. The van der Waals surface area contributed by atoms with Crippen molar-refractivity contribution in [3.8, 4) is 0 Å². The van der Waals surface area contributed by atoms with Gasteiger partial charge >= 0.3 is 6.03 Å². The van der Waals surface area contributed by atoms with E-state index in [4.69, 9.17) is 4.74 Å². The number of hydrogen-bond acceptors (Lipinski definition) is 3. The van der Waals surface area contributed by atoms with Crippen molar-refractivity contribution in [2.45, 2.75) is 20.3 Å². The van der Waals surface area contributed by atoms with Crippen molar-refractivity contribution in [1.82, 2.24) is 4.90 Å². The zero-order valence-electron chi connectivity index (χ0n) is 13.5. The molecule has 1 unspecified atom stereocenters. The van der Waals surface area contributed by atoms with Gasteiger partial charge in [-0.2, -0.15) is 0 Å². The van der Waals surface area contributed by atoms with Crippen LogP contribution in [0.15, 0.2) is 18.2 Å². The predicted octanol–water partition coefficient (Wildman–Crippen LogP) is 2.71. The Balaban J connectivity index is 1.65. The Morgan fingerprint density at radius 1 is 1.27 bits per heavy atom. The van der Waals surface area contributed by atoms with Gasteiger partial charge in [0, 0.05) is 37.6 Å². The van der Waals surface area contributed by atoms with Crippen LogP contribution in [0.5, 0.6) is 0 Å². The van der Waals surface area contributed by atoms with Gasteiger partial charge in [0.05, 0.1) is 13.2 Å². The van der Waals surface area contributed by atoms with Gasteiger partial charge in [-0.15, -0.1) is 0 Å². The molecule has 1 N–H and O–H groups in total. The lowest BCUT2D eigenvalue weighted by atomic mass is 10.1. The third kappa shape index (κ3) is 3.35. The number of aryl methyl sites for hydroxylation is 1. The number of urea groups is 1. The number of anilines is 2. The molecule has 2 aliphatic rings. The van der Waals surface area contributed by atoms with Gasteiger partial charge in [-0.25, -0.2) is 4.79 Å². The SMILES string of the molecule is Cc1cc(N2CCC(C)C2)ccc1NC(=O)N1CCOCC1. The number of carbonyl (C=O) groups is 1. The van der Waals surface area contributed by atoms with E-state index in [-0.39, 0.29) is 6.03 Å². The molecule has 1 aromatic carbocycles. The summed E-state index contributed by atoms with van der Waals surface area (Å²) in [5.74, 6) is 0.765. The molecule has 0 saturated carbocycles. The number of carbonyl (C=O) groups excluding carboxylic acids is 1. The molecule has 1 atom stereocenters. The van der Waals surface area contributed by atoms with Crippen LogP contribution in [-0.4, -0.2) is 50.3 Å². The Hall–Kier alpha value is -1.75. The molecule has 120 valence electrons. The van der Waals surface area contributed by atoms with Crippen LogP contribution < -0.4 is 10.2 Å². The molecule has 2 heterocycles. The van der Waals surface area contributed by atoms with Gasteiger partial charge < -0.3 is 19.9 Å². The summed E-state index contributed by atoms with van der Waals surface area (Å²) in [4.78, 5) is 16.5. The normalized spacial score (nSPS) is 22.0. The van der Waals surface area contributed by atoms with Crippen LogP contribution in [0.3, 0.4) is 0 Å². The van der Waals surface area contributed by atoms with E-state index < -0.39 is 0 Å².